The van der Waals surface area contributed by atoms with Crippen molar-refractivity contribution in [3.05, 3.63) is 23.8 Å². The topological polar surface area (TPSA) is 84.9 Å². The number of carboxylic acid groups (broad SMARTS) is 1. The zero-order valence-corrected chi connectivity index (χ0v) is 13.4. The lowest BCUT2D eigenvalue weighted by molar-refractivity contribution is -0.142. The molecular formula is C16H23NO5. The highest BCUT2D eigenvalue weighted by Crippen LogP contribution is 2.28. The second-order valence-corrected chi connectivity index (χ2v) is 5.41. The Hall–Kier alpha value is -2.24. The van der Waals surface area contributed by atoms with E-state index in [0.29, 0.717) is 23.5 Å². The second-order valence-electron chi connectivity index (χ2n) is 5.41. The van der Waals surface area contributed by atoms with Gasteiger partial charge in [0, 0.05) is 5.56 Å². The lowest BCUT2D eigenvalue weighted by Crippen LogP contribution is -2.42. The number of ether oxygens (including phenoxy) is 2. The van der Waals surface area contributed by atoms with E-state index in [1.165, 1.54) is 14.2 Å². The third-order valence-electron chi connectivity index (χ3n) is 3.21. The minimum atomic E-state index is -1.03. The second kappa shape index (κ2) is 8.26. The van der Waals surface area contributed by atoms with Crippen LogP contribution in [0.25, 0.3) is 0 Å². The quantitative estimate of drug-likeness (QED) is 0.765. The first-order valence-corrected chi connectivity index (χ1v) is 7.11. The molecule has 2 N–H and O–H groups in total. The largest absolute Gasteiger partial charge is 0.496 e. The number of hydrogen-bond donors (Lipinski definition) is 2. The Morgan fingerprint density at radius 2 is 1.73 bits per heavy atom. The molecule has 122 valence electrons. The summed E-state index contributed by atoms with van der Waals surface area (Å²) in [5.74, 6) is -0.178. The van der Waals surface area contributed by atoms with Gasteiger partial charge in [-0.25, -0.2) is 4.79 Å². The first-order valence-electron chi connectivity index (χ1n) is 7.11. The van der Waals surface area contributed by atoms with Crippen LogP contribution in [0.15, 0.2) is 18.2 Å². The van der Waals surface area contributed by atoms with Gasteiger partial charge in [0.05, 0.1) is 20.6 Å². The molecule has 0 spiro atoms. The zero-order chi connectivity index (χ0) is 16.7. The van der Waals surface area contributed by atoms with Gasteiger partial charge in [-0.15, -0.1) is 0 Å². The molecule has 1 aromatic rings. The van der Waals surface area contributed by atoms with Crippen LogP contribution in [0, 0.1) is 5.92 Å². The van der Waals surface area contributed by atoms with E-state index in [2.05, 4.69) is 5.32 Å². The molecule has 0 radical (unpaired) electrons. The van der Waals surface area contributed by atoms with Crippen LogP contribution in [0.2, 0.25) is 0 Å². The van der Waals surface area contributed by atoms with E-state index < -0.39 is 12.0 Å². The van der Waals surface area contributed by atoms with Crippen molar-refractivity contribution in [1.29, 1.82) is 0 Å². The molecular weight excluding hydrogens is 286 g/mol. The number of carbonyl (C=O) groups is 2. The predicted molar refractivity (Wildman–Crippen MR) is 82.3 cm³/mol. The molecule has 0 aliphatic rings. The van der Waals surface area contributed by atoms with Crippen molar-refractivity contribution in [3.8, 4) is 11.5 Å². The Kier molecular flexibility index (Phi) is 6.69. The highest BCUT2D eigenvalue weighted by atomic mass is 16.5. The van der Waals surface area contributed by atoms with Crippen molar-refractivity contribution in [2.45, 2.75) is 32.7 Å². The number of carbonyl (C=O) groups excluding carboxylic acids is 1. The van der Waals surface area contributed by atoms with Crippen LogP contribution in [0.4, 0.5) is 0 Å². The molecule has 0 aliphatic carbocycles. The van der Waals surface area contributed by atoms with Crippen molar-refractivity contribution in [2.75, 3.05) is 14.2 Å². The van der Waals surface area contributed by atoms with Gasteiger partial charge in [0.25, 0.3) is 0 Å². The van der Waals surface area contributed by atoms with Crippen LogP contribution >= 0.6 is 0 Å². The van der Waals surface area contributed by atoms with E-state index in [1.807, 2.05) is 13.8 Å². The molecule has 0 bridgehead atoms. The minimum absolute atomic E-state index is 0.00490. The maximum Gasteiger partial charge on any atom is 0.326 e. The summed E-state index contributed by atoms with van der Waals surface area (Å²) < 4.78 is 10.5. The number of rotatable bonds is 8. The van der Waals surface area contributed by atoms with E-state index in [9.17, 15) is 14.7 Å². The summed E-state index contributed by atoms with van der Waals surface area (Å²) in [5.41, 5.74) is 0.596. The van der Waals surface area contributed by atoms with Gasteiger partial charge in [0.2, 0.25) is 5.91 Å². The van der Waals surface area contributed by atoms with E-state index in [0.717, 1.165) is 0 Å². The predicted octanol–water partition coefficient (Wildman–Crippen LogP) is 1.86. The van der Waals surface area contributed by atoms with Gasteiger partial charge >= 0.3 is 5.97 Å². The Bertz CT molecular complexity index is 505. The minimum Gasteiger partial charge on any atom is -0.496 e. The number of aliphatic carboxylic acids is 1. The molecule has 0 unspecified atom stereocenters. The standard InChI is InChI=1S/C16H23NO5/c1-10(2)8-12(16(19)20)17-15(18)9-11-13(21-3)6-5-7-14(11)22-4/h5-7,10,12H,8-9H2,1-4H3,(H,17,18)(H,19,20)/t12-/m1/s1. The van der Waals surface area contributed by atoms with Gasteiger partial charge in [0.15, 0.2) is 0 Å². The highest BCUT2D eigenvalue weighted by molar-refractivity contribution is 5.85. The molecule has 1 aromatic carbocycles. The van der Waals surface area contributed by atoms with Gasteiger partial charge in [-0.2, -0.15) is 0 Å². The molecule has 1 atom stereocenters. The van der Waals surface area contributed by atoms with Crippen molar-refractivity contribution in [3.63, 3.8) is 0 Å². The van der Waals surface area contributed by atoms with Gasteiger partial charge in [-0.05, 0) is 24.5 Å². The number of methoxy groups -OCH3 is 2. The van der Waals surface area contributed by atoms with Crippen LogP contribution in [-0.2, 0) is 16.0 Å². The average molecular weight is 309 g/mol. The van der Waals surface area contributed by atoms with Crippen LogP contribution in [0.5, 0.6) is 11.5 Å². The van der Waals surface area contributed by atoms with E-state index >= 15 is 0 Å². The SMILES string of the molecule is COc1cccc(OC)c1CC(=O)N[C@H](CC(C)C)C(=O)O. The first kappa shape index (κ1) is 17.8. The molecule has 6 nitrogen and oxygen atoms in total. The highest BCUT2D eigenvalue weighted by Gasteiger charge is 2.22. The third-order valence-corrected chi connectivity index (χ3v) is 3.21. The fraction of sp³-hybridized carbons (Fsp3) is 0.500. The summed E-state index contributed by atoms with van der Waals surface area (Å²) in [4.78, 5) is 23.4. The van der Waals surface area contributed by atoms with Gasteiger partial charge in [-0.3, -0.25) is 4.79 Å². The number of amides is 1. The van der Waals surface area contributed by atoms with Gasteiger partial charge in [-0.1, -0.05) is 19.9 Å². The molecule has 6 heteroatoms. The molecule has 0 saturated heterocycles. The smallest absolute Gasteiger partial charge is 0.326 e. The van der Waals surface area contributed by atoms with E-state index in [4.69, 9.17) is 9.47 Å². The Labute approximate surface area is 130 Å². The van der Waals surface area contributed by atoms with E-state index in [1.54, 1.807) is 18.2 Å². The van der Waals surface area contributed by atoms with Crippen molar-refractivity contribution in [2.24, 2.45) is 5.92 Å². The summed E-state index contributed by atoms with van der Waals surface area (Å²) in [5, 5.41) is 11.7. The van der Waals surface area contributed by atoms with Crippen LogP contribution in [0.3, 0.4) is 0 Å². The molecule has 1 rings (SSSR count). The van der Waals surface area contributed by atoms with Crippen molar-refractivity contribution in [1.82, 2.24) is 5.32 Å². The molecule has 1 amide bonds. The summed E-state index contributed by atoms with van der Waals surface area (Å²) in [6.07, 6.45) is 0.374. The van der Waals surface area contributed by atoms with Crippen LogP contribution < -0.4 is 14.8 Å². The monoisotopic (exact) mass is 309 g/mol. The Morgan fingerprint density at radius 1 is 1.18 bits per heavy atom. The molecule has 0 fully saturated rings. The van der Waals surface area contributed by atoms with Crippen LogP contribution in [-0.4, -0.2) is 37.2 Å². The lowest BCUT2D eigenvalue weighted by Gasteiger charge is -2.18. The molecule has 0 aromatic heterocycles. The summed E-state index contributed by atoms with van der Waals surface area (Å²) in [6, 6.07) is 4.33. The molecule has 0 aliphatic heterocycles. The Balaban J connectivity index is 2.86. The van der Waals surface area contributed by atoms with Crippen molar-refractivity contribution < 1.29 is 24.2 Å². The normalized spacial score (nSPS) is 11.9. The summed E-state index contributed by atoms with van der Waals surface area (Å²) >= 11 is 0. The fourth-order valence-corrected chi connectivity index (χ4v) is 2.20. The number of carboxylic acids is 1. The van der Waals surface area contributed by atoms with Gasteiger partial charge in [0.1, 0.15) is 17.5 Å². The number of nitrogens with one attached hydrogen (secondary N) is 1. The zero-order valence-electron chi connectivity index (χ0n) is 13.4. The summed E-state index contributed by atoms with van der Waals surface area (Å²) in [6.45, 7) is 3.82. The molecule has 22 heavy (non-hydrogen) atoms. The third kappa shape index (κ3) is 4.95. The van der Waals surface area contributed by atoms with Crippen LogP contribution in [0.1, 0.15) is 25.8 Å². The lowest BCUT2D eigenvalue weighted by atomic mass is 10.0. The van der Waals surface area contributed by atoms with Crippen molar-refractivity contribution >= 4 is 11.9 Å². The Morgan fingerprint density at radius 3 is 2.14 bits per heavy atom. The average Bonchev–Trinajstić information content (AvgIpc) is 2.46. The maximum absolute atomic E-state index is 12.2. The summed E-state index contributed by atoms with van der Waals surface area (Å²) in [7, 11) is 3.02. The molecule has 0 saturated carbocycles. The maximum atomic E-state index is 12.2. The first-order chi connectivity index (χ1) is 10.4. The fourth-order valence-electron chi connectivity index (χ4n) is 2.20. The number of hydrogen-bond acceptors (Lipinski definition) is 4. The number of benzene rings is 1. The van der Waals surface area contributed by atoms with E-state index in [-0.39, 0.29) is 18.2 Å². The van der Waals surface area contributed by atoms with Gasteiger partial charge < -0.3 is 19.9 Å². The molecule has 0 heterocycles.